The highest BCUT2D eigenvalue weighted by Gasteiger charge is 2.36. The predicted molar refractivity (Wildman–Crippen MR) is 110 cm³/mol. The van der Waals surface area contributed by atoms with Crippen LogP contribution in [-0.2, 0) is 9.59 Å². The smallest absolute Gasteiger partial charge is 0.406 e. The van der Waals surface area contributed by atoms with E-state index >= 15 is 0 Å². The van der Waals surface area contributed by atoms with Crippen LogP contribution in [0.15, 0.2) is 54.6 Å². The van der Waals surface area contributed by atoms with Crippen LogP contribution in [0.1, 0.15) is 6.92 Å². The molecule has 1 aliphatic rings. The van der Waals surface area contributed by atoms with Gasteiger partial charge >= 0.3 is 6.36 Å². The zero-order valence-corrected chi connectivity index (χ0v) is 17.2. The lowest BCUT2D eigenvalue weighted by atomic mass is 9.97. The number of alkyl halides is 3. The molecule has 2 heterocycles. The van der Waals surface area contributed by atoms with E-state index in [-0.39, 0.29) is 18.3 Å². The molecule has 1 fully saturated rings. The van der Waals surface area contributed by atoms with Gasteiger partial charge in [0, 0.05) is 24.1 Å². The van der Waals surface area contributed by atoms with Crippen LogP contribution in [0, 0.1) is 17.7 Å². The number of aromatic nitrogens is 2. The van der Waals surface area contributed by atoms with Crippen LogP contribution in [-0.4, -0.2) is 34.5 Å². The van der Waals surface area contributed by atoms with Gasteiger partial charge in [0.05, 0.1) is 17.3 Å². The van der Waals surface area contributed by atoms with E-state index in [0.29, 0.717) is 16.9 Å². The third-order valence-corrected chi connectivity index (χ3v) is 5.25. The van der Waals surface area contributed by atoms with Crippen molar-refractivity contribution in [2.45, 2.75) is 13.3 Å². The third kappa shape index (κ3) is 4.97. The fraction of sp³-hybridized carbons (Fsp3) is 0.227. The van der Waals surface area contributed by atoms with Crippen molar-refractivity contribution in [2.75, 3.05) is 11.9 Å². The third-order valence-electron chi connectivity index (χ3n) is 5.25. The summed E-state index contributed by atoms with van der Waals surface area (Å²) in [4.78, 5) is 24.4. The molecular weight excluding hydrogens is 444 g/mol. The Morgan fingerprint density at radius 1 is 1.18 bits per heavy atom. The van der Waals surface area contributed by atoms with Crippen LogP contribution in [0.5, 0.6) is 5.75 Å². The number of rotatable bonds is 5. The fourth-order valence-electron chi connectivity index (χ4n) is 3.55. The molecule has 2 amide bonds. The first-order valence-electron chi connectivity index (χ1n) is 9.91. The maximum atomic E-state index is 13.4. The van der Waals surface area contributed by atoms with Crippen LogP contribution < -0.4 is 15.4 Å². The quantitative estimate of drug-likeness (QED) is 0.564. The first kappa shape index (κ1) is 22.3. The normalized spacial score (nSPS) is 18.2. The highest BCUT2D eigenvalue weighted by atomic mass is 19.4. The number of benzene rings is 2. The molecule has 33 heavy (non-hydrogen) atoms. The van der Waals surface area contributed by atoms with Gasteiger partial charge in [-0.2, -0.15) is 0 Å². The summed E-state index contributed by atoms with van der Waals surface area (Å²) in [6.45, 7) is 1.83. The zero-order valence-electron chi connectivity index (χ0n) is 17.2. The second-order valence-corrected chi connectivity index (χ2v) is 7.51. The van der Waals surface area contributed by atoms with Crippen LogP contribution in [0.4, 0.5) is 23.4 Å². The molecule has 1 aliphatic heterocycles. The Morgan fingerprint density at radius 2 is 1.91 bits per heavy atom. The summed E-state index contributed by atoms with van der Waals surface area (Å²) in [5.41, 5.74) is 1.07. The molecule has 7 nitrogen and oxygen atoms in total. The minimum atomic E-state index is -4.86. The first-order chi connectivity index (χ1) is 15.6. The summed E-state index contributed by atoms with van der Waals surface area (Å²) in [5.74, 6) is -2.55. The number of hydrogen-bond acceptors (Lipinski definition) is 4. The number of ether oxygens (including phenoxy) is 1. The lowest BCUT2D eigenvalue weighted by Gasteiger charge is -2.11. The van der Waals surface area contributed by atoms with E-state index in [1.807, 2.05) is 0 Å². The Labute approximate surface area is 185 Å². The number of hydrogen-bond donors (Lipinski definition) is 2. The lowest BCUT2D eigenvalue weighted by Crippen LogP contribution is -2.28. The summed E-state index contributed by atoms with van der Waals surface area (Å²) < 4.78 is 56.8. The summed E-state index contributed by atoms with van der Waals surface area (Å²) in [5, 5.41) is 9.61. The number of nitrogens with zero attached hydrogens (tertiary/aromatic N) is 2. The number of amides is 2. The number of nitrogens with one attached hydrogen (secondary N) is 2. The molecule has 4 rings (SSSR count). The van der Waals surface area contributed by atoms with Gasteiger partial charge in [-0.1, -0.05) is 19.1 Å². The Morgan fingerprint density at radius 3 is 2.55 bits per heavy atom. The van der Waals surface area contributed by atoms with E-state index in [2.05, 4.69) is 20.5 Å². The van der Waals surface area contributed by atoms with Gasteiger partial charge in [0.2, 0.25) is 11.8 Å². The summed E-state index contributed by atoms with van der Waals surface area (Å²) in [6.07, 6.45) is -4.86. The molecule has 0 aliphatic carbocycles. The molecule has 0 radical (unpaired) electrons. The Hall–Kier alpha value is -3.89. The van der Waals surface area contributed by atoms with E-state index in [1.165, 1.54) is 47.1 Å². The van der Waals surface area contributed by atoms with Crippen LogP contribution >= 0.6 is 0 Å². The van der Waals surface area contributed by atoms with Crippen molar-refractivity contribution in [1.29, 1.82) is 0 Å². The van der Waals surface area contributed by atoms with E-state index in [4.69, 9.17) is 0 Å². The maximum Gasteiger partial charge on any atom is 0.573 e. The Bertz CT molecular complexity index is 1190. The standard InChI is InChI=1S/C22H18F4N4O3/c1-12-17(11-27-20(12)31)21(32)28-19-10-18(30(29-19)15-7-5-14(23)6-8-15)13-3-2-4-16(9-13)33-22(24,25)26/h2-10,12,17H,11H2,1H3,(H,27,31)(H,28,29,32)/t12-,17+/m1/s1. The molecule has 0 spiro atoms. The molecule has 0 saturated carbocycles. The van der Waals surface area contributed by atoms with Crippen molar-refractivity contribution in [3.8, 4) is 22.7 Å². The van der Waals surface area contributed by atoms with E-state index in [0.717, 1.165) is 6.07 Å². The van der Waals surface area contributed by atoms with Gasteiger partial charge in [0.15, 0.2) is 5.82 Å². The van der Waals surface area contributed by atoms with Crippen molar-refractivity contribution in [3.63, 3.8) is 0 Å². The fourth-order valence-corrected chi connectivity index (χ4v) is 3.55. The zero-order chi connectivity index (χ0) is 23.8. The van der Waals surface area contributed by atoms with E-state index in [9.17, 15) is 27.2 Å². The van der Waals surface area contributed by atoms with Gasteiger partial charge in [-0.3, -0.25) is 9.59 Å². The summed E-state index contributed by atoms with van der Waals surface area (Å²) in [6, 6.07) is 12.0. The molecule has 3 aromatic rings. The van der Waals surface area contributed by atoms with Crippen molar-refractivity contribution >= 4 is 17.6 Å². The van der Waals surface area contributed by atoms with Gasteiger partial charge < -0.3 is 15.4 Å². The second kappa shape index (κ2) is 8.57. The highest BCUT2D eigenvalue weighted by molar-refractivity contribution is 5.98. The van der Waals surface area contributed by atoms with Gasteiger partial charge in [0.25, 0.3) is 0 Å². The highest BCUT2D eigenvalue weighted by Crippen LogP contribution is 2.31. The van der Waals surface area contributed by atoms with E-state index in [1.54, 1.807) is 13.0 Å². The van der Waals surface area contributed by atoms with Crippen LogP contribution in [0.3, 0.4) is 0 Å². The van der Waals surface area contributed by atoms with Gasteiger partial charge in [-0.05, 0) is 36.4 Å². The summed E-state index contributed by atoms with van der Waals surface area (Å²) >= 11 is 0. The second-order valence-electron chi connectivity index (χ2n) is 7.51. The SMILES string of the molecule is C[C@H]1C(=O)NC[C@@H]1C(=O)Nc1cc(-c2cccc(OC(F)(F)F)c2)n(-c2ccc(F)cc2)n1. The first-order valence-corrected chi connectivity index (χ1v) is 9.91. The molecule has 2 N–H and O–H groups in total. The van der Waals surface area contributed by atoms with Gasteiger partial charge in [0.1, 0.15) is 11.6 Å². The lowest BCUT2D eigenvalue weighted by molar-refractivity contribution is -0.274. The average Bonchev–Trinajstić information content (AvgIpc) is 3.31. The molecule has 2 aromatic carbocycles. The van der Waals surface area contributed by atoms with Crippen molar-refractivity contribution in [2.24, 2.45) is 11.8 Å². The molecule has 172 valence electrons. The molecule has 1 saturated heterocycles. The maximum absolute atomic E-state index is 13.4. The van der Waals surface area contributed by atoms with Crippen molar-refractivity contribution in [3.05, 3.63) is 60.4 Å². The number of halogens is 4. The largest absolute Gasteiger partial charge is 0.573 e. The molecule has 0 unspecified atom stereocenters. The topological polar surface area (TPSA) is 85.3 Å². The molecule has 0 bridgehead atoms. The van der Waals surface area contributed by atoms with Crippen molar-refractivity contribution < 1.29 is 31.9 Å². The molecule has 1 aromatic heterocycles. The monoisotopic (exact) mass is 462 g/mol. The summed E-state index contributed by atoms with van der Waals surface area (Å²) in [7, 11) is 0. The minimum Gasteiger partial charge on any atom is -0.406 e. The number of carbonyl (C=O) groups excluding carboxylic acids is 2. The van der Waals surface area contributed by atoms with E-state index < -0.39 is 35.7 Å². The number of carbonyl (C=O) groups is 2. The molecule has 11 heteroatoms. The Kier molecular flexibility index (Phi) is 5.79. The van der Waals surface area contributed by atoms with Crippen LogP contribution in [0.2, 0.25) is 0 Å². The predicted octanol–water partition coefficient (Wildman–Crippen LogP) is 3.90. The van der Waals surface area contributed by atoms with Crippen molar-refractivity contribution in [1.82, 2.24) is 15.1 Å². The molecule has 2 atom stereocenters. The Balaban J connectivity index is 1.70. The van der Waals surface area contributed by atoms with Gasteiger partial charge in [-0.15, -0.1) is 18.3 Å². The van der Waals surface area contributed by atoms with Gasteiger partial charge in [-0.25, -0.2) is 9.07 Å². The number of anilines is 1. The minimum absolute atomic E-state index is 0.119. The molecular formula is C22H18F4N4O3. The average molecular weight is 462 g/mol. The van der Waals surface area contributed by atoms with Crippen LogP contribution in [0.25, 0.3) is 16.9 Å².